The molecule has 1 amide bonds. The minimum absolute atomic E-state index is 0.124. The number of rotatable bonds is 5. The normalized spacial score (nSPS) is 10.4. The number of imidazole rings is 1. The summed E-state index contributed by atoms with van der Waals surface area (Å²) in [6, 6.07) is 7.31. The van der Waals surface area contributed by atoms with Gasteiger partial charge in [-0.25, -0.2) is 4.98 Å². The Labute approximate surface area is 117 Å². The van der Waals surface area contributed by atoms with E-state index in [0.717, 1.165) is 18.4 Å². The number of halogens is 1. The number of aromatic nitrogens is 2. The van der Waals surface area contributed by atoms with Crippen molar-refractivity contribution in [3.8, 4) is 11.4 Å². The molecule has 0 saturated heterocycles. The summed E-state index contributed by atoms with van der Waals surface area (Å²) >= 11 is 5.83. The molecule has 0 saturated carbocycles. The minimum atomic E-state index is -0.124. The van der Waals surface area contributed by atoms with Crippen molar-refractivity contribution in [2.24, 2.45) is 0 Å². The maximum Gasteiger partial charge on any atom is 0.269 e. The molecule has 2 aromatic rings. The molecule has 0 aliphatic heterocycles. The molecule has 2 rings (SSSR count). The Morgan fingerprint density at radius 1 is 1.37 bits per heavy atom. The van der Waals surface area contributed by atoms with Crippen molar-refractivity contribution in [3.63, 3.8) is 0 Å². The van der Waals surface area contributed by atoms with Crippen LogP contribution in [0.2, 0.25) is 5.02 Å². The zero-order valence-electron chi connectivity index (χ0n) is 10.7. The summed E-state index contributed by atoms with van der Waals surface area (Å²) in [4.78, 5) is 19.0. The number of nitrogens with one attached hydrogen (secondary N) is 2. The molecule has 100 valence electrons. The average molecular weight is 278 g/mol. The third-order valence-electron chi connectivity index (χ3n) is 2.75. The van der Waals surface area contributed by atoms with E-state index in [1.807, 2.05) is 12.1 Å². The second-order valence-corrected chi connectivity index (χ2v) is 4.70. The third-order valence-corrected chi connectivity index (χ3v) is 3.01. The number of nitrogens with zero attached hydrogens (tertiary/aromatic N) is 1. The first-order valence-corrected chi connectivity index (χ1v) is 6.67. The van der Waals surface area contributed by atoms with Gasteiger partial charge in [0.05, 0.1) is 6.20 Å². The van der Waals surface area contributed by atoms with Crippen LogP contribution in [0.25, 0.3) is 11.4 Å². The Bertz CT molecular complexity index is 548. The van der Waals surface area contributed by atoms with Gasteiger partial charge in [0.1, 0.15) is 11.5 Å². The molecule has 0 fully saturated rings. The Kier molecular flexibility index (Phi) is 4.58. The number of benzene rings is 1. The summed E-state index contributed by atoms with van der Waals surface area (Å²) in [6.45, 7) is 2.77. The highest BCUT2D eigenvalue weighted by Gasteiger charge is 2.09. The number of carbonyl (C=O) groups is 1. The first-order chi connectivity index (χ1) is 9.20. The SMILES string of the molecule is CCCCNC(=O)c1cnc(-c2ccc(Cl)cc2)[nH]1. The van der Waals surface area contributed by atoms with E-state index in [-0.39, 0.29) is 5.91 Å². The molecule has 5 heteroatoms. The van der Waals surface area contributed by atoms with Gasteiger partial charge < -0.3 is 10.3 Å². The molecule has 2 N–H and O–H groups in total. The van der Waals surface area contributed by atoms with Crippen LogP contribution in [-0.2, 0) is 0 Å². The molecule has 4 nitrogen and oxygen atoms in total. The number of unbranched alkanes of at least 4 members (excludes halogenated alkanes) is 1. The van der Waals surface area contributed by atoms with Crippen molar-refractivity contribution in [1.29, 1.82) is 0 Å². The van der Waals surface area contributed by atoms with Gasteiger partial charge in [0.25, 0.3) is 5.91 Å². The summed E-state index contributed by atoms with van der Waals surface area (Å²) in [5.74, 6) is 0.540. The number of carbonyl (C=O) groups excluding carboxylic acids is 1. The van der Waals surface area contributed by atoms with Crippen LogP contribution in [0.15, 0.2) is 30.5 Å². The van der Waals surface area contributed by atoms with E-state index >= 15 is 0 Å². The Hall–Kier alpha value is -1.81. The molecule has 0 spiro atoms. The molecule has 0 radical (unpaired) electrons. The maximum atomic E-state index is 11.8. The van der Waals surface area contributed by atoms with E-state index in [9.17, 15) is 4.79 Å². The van der Waals surface area contributed by atoms with Crippen molar-refractivity contribution in [3.05, 3.63) is 41.2 Å². The van der Waals surface area contributed by atoms with Gasteiger partial charge in [-0.2, -0.15) is 0 Å². The second-order valence-electron chi connectivity index (χ2n) is 4.26. The molecule has 1 heterocycles. The van der Waals surface area contributed by atoms with E-state index in [2.05, 4.69) is 22.2 Å². The van der Waals surface area contributed by atoms with Gasteiger partial charge in [-0.05, 0) is 30.7 Å². The molecular formula is C14H16ClN3O. The van der Waals surface area contributed by atoms with Crippen LogP contribution < -0.4 is 5.32 Å². The lowest BCUT2D eigenvalue weighted by Gasteiger charge is -2.01. The van der Waals surface area contributed by atoms with Crippen molar-refractivity contribution in [1.82, 2.24) is 15.3 Å². The highest BCUT2D eigenvalue weighted by molar-refractivity contribution is 6.30. The third kappa shape index (κ3) is 3.58. The van der Waals surface area contributed by atoms with Crippen LogP contribution in [-0.4, -0.2) is 22.4 Å². The van der Waals surface area contributed by atoms with Crippen LogP contribution in [0, 0.1) is 0 Å². The van der Waals surface area contributed by atoms with E-state index in [1.54, 1.807) is 18.3 Å². The number of amides is 1. The van der Waals surface area contributed by atoms with Crippen LogP contribution >= 0.6 is 11.6 Å². The topological polar surface area (TPSA) is 57.8 Å². The van der Waals surface area contributed by atoms with Gasteiger partial charge in [0.2, 0.25) is 0 Å². The summed E-state index contributed by atoms with van der Waals surface area (Å²) < 4.78 is 0. The quantitative estimate of drug-likeness (QED) is 0.824. The van der Waals surface area contributed by atoms with Crippen LogP contribution in [0.3, 0.4) is 0 Å². The summed E-state index contributed by atoms with van der Waals surface area (Å²) in [5.41, 5.74) is 1.37. The first kappa shape index (κ1) is 13.6. The fourth-order valence-electron chi connectivity index (χ4n) is 1.66. The molecule has 0 aliphatic carbocycles. The molecular weight excluding hydrogens is 262 g/mol. The average Bonchev–Trinajstić information content (AvgIpc) is 2.89. The zero-order chi connectivity index (χ0) is 13.7. The smallest absolute Gasteiger partial charge is 0.269 e. The minimum Gasteiger partial charge on any atom is -0.351 e. The van der Waals surface area contributed by atoms with Crippen molar-refractivity contribution in [2.75, 3.05) is 6.54 Å². The molecule has 1 aromatic heterocycles. The van der Waals surface area contributed by atoms with Gasteiger partial charge in [0.15, 0.2) is 0 Å². The van der Waals surface area contributed by atoms with E-state index in [1.165, 1.54) is 0 Å². The van der Waals surface area contributed by atoms with Crippen molar-refractivity contribution in [2.45, 2.75) is 19.8 Å². The lowest BCUT2D eigenvalue weighted by molar-refractivity contribution is 0.0949. The number of hydrogen-bond acceptors (Lipinski definition) is 2. The van der Waals surface area contributed by atoms with Crippen molar-refractivity contribution < 1.29 is 4.79 Å². The predicted molar refractivity (Wildman–Crippen MR) is 76.3 cm³/mol. The van der Waals surface area contributed by atoms with Gasteiger partial charge >= 0.3 is 0 Å². The molecule has 0 unspecified atom stereocenters. The van der Waals surface area contributed by atoms with Gasteiger partial charge in [-0.15, -0.1) is 0 Å². The van der Waals surface area contributed by atoms with E-state index in [4.69, 9.17) is 11.6 Å². The van der Waals surface area contributed by atoms with Gasteiger partial charge in [-0.1, -0.05) is 24.9 Å². The van der Waals surface area contributed by atoms with Gasteiger partial charge in [0, 0.05) is 17.1 Å². The van der Waals surface area contributed by atoms with Crippen LogP contribution in [0.1, 0.15) is 30.3 Å². The fraction of sp³-hybridized carbons (Fsp3) is 0.286. The maximum absolute atomic E-state index is 11.8. The Morgan fingerprint density at radius 3 is 2.79 bits per heavy atom. The van der Waals surface area contributed by atoms with Crippen LogP contribution in [0.4, 0.5) is 0 Å². The number of H-pyrrole nitrogens is 1. The second kappa shape index (κ2) is 6.38. The standard InChI is InChI=1S/C14H16ClN3O/c1-2-3-8-16-14(19)12-9-17-13(18-12)10-4-6-11(15)7-5-10/h4-7,9H,2-3,8H2,1H3,(H,16,19)(H,17,18). The Morgan fingerprint density at radius 2 is 2.11 bits per heavy atom. The molecule has 0 bridgehead atoms. The molecule has 1 aromatic carbocycles. The van der Waals surface area contributed by atoms with E-state index in [0.29, 0.717) is 23.1 Å². The summed E-state index contributed by atoms with van der Waals surface area (Å²) in [5, 5.41) is 3.52. The molecule has 19 heavy (non-hydrogen) atoms. The van der Waals surface area contributed by atoms with Crippen molar-refractivity contribution >= 4 is 17.5 Å². The van der Waals surface area contributed by atoms with Crippen LogP contribution in [0.5, 0.6) is 0 Å². The predicted octanol–water partition coefficient (Wildman–Crippen LogP) is 3.26. The molecule has 0 atom stereocenters. The zero-order valence-corrected chi connectivity index (χ0v) is 11.5. The summed E-state index contributed by atoms with van der Waals surface area (Å²) in [6.07, 6.45) is 3.58. The highest BCUT2D eigenvalue weighted by atomic mass is 35.5. The highest BCUT2D eigenvalue weighted by Crippen LogP contribution is 2.18. The summed E-state index contributed by atoms with van der Waals surface area (Å²) in [7, 11) is 0. The first-order valence-electron chi connectivity index (χ1n) is 6.30. The lowest BCUT2D eigenvalue weighted by Crippen LogP contribution is -2.24. The largest absolute Gasteiger partial charge is 0.351 e. The molecule has 0 aliphatic rings. The lowest BCUT2D eigenvalue weighted by atomic mass is 10.2. The Balaban J connectivity index is 2.06. The monoisotopic (exact) mass is 277 g/mol. The number of hydrogen-bond donors (Lipinski definition) is 2. The number of aromatic amines is 1. The van der Waals surface area contributed by atoms with Gasteiger partial charge in [-0.3, -0.25) is 4.79 Å². The fourth-order valence-corrected chi connectivity index (χ4v) is 1.79. The van der Waals surface area contributed by atoms with E-state index < -0.39 is 0 Å².